The van der Waals surface area contributed by atoms with Gasteiger partial charge in [0.15, 0.2) is 0 Å². The van der Waals surface area contributed by atoms with Crippen LogP contribution in [0, 0.1) is 11.5 Å². The smallest absolute Gasteiger partial charge is 0.254 e. The molecular weight excluding hydrogens is 372 g/mol. The highest BCUT2D eigenvalue weighted by molar-refractivity contribution is 6.83. The molecule has 0 N–H and O–H groups in total. The summed E-state index contributed by atoms with van der Waals surface area (Å²) in [5, 5.41) is 0. The molecule has 0 amide bonds. The molecule has 0 bridgehead atoms. The SMILES string of the molecule is C[Si](C)(C)C#Cc1cnc(-c2ccc(C(F)(F)F)cc2)c(C(F)(F)F)c1. The summed E-state index contributed by atoms with van der Waals surface area (Å²) in [6.07, 6.45) is -8.06. The third kappa shape index (κ3) is 5.11. The number of hydrogen-bond donors (Lipinski definition) is 0. The van der Waals surface area contributed by atoms with E-state index in [2.05, 4.69) is 16.4 Å². The first-order chi connectivity index (χ1) is 11.8. The van der Waals surface area contributed by atoms with Crippen LogP contribution >= 0.6 is 0 Å². The summed E-state index contributed by atoms with van der Waals surface area (Å²) in [7, 11) is -1.78. The van der Waals surface area contributed by atoms with Crippen molar-refractivity contribution in [1.29, 1.82) is 0 Å². The van der Waals surface area contributed by atoms with Crippen LogP contribution in [0.2, 0.25) is 19.6 Å². The summed E-state index contributed by atoms with van der Waals surface area (Å²) in [4.78, 5) is 3.82. The fourth-order valence-electron chi connectivity index (χ4n) is 2.06. The molecule has 0 radical (unpaired) electrons. The van der Waals surface area contributed by atoms with Crippen LogP contribution in [0.15, 0.2) is 36.5 Å². The Kier molecular flexibility index (Phi) is 5.24. The fourth-order valence-corrected chi connectivity index (χ4v) is 2.58. The minimum atomic E-state index is -4.71. The normalized spacial score (nSPS) is 12.5. The van der Waals surface area contributed by atoms with Crippen molar-refractivity contribution in [3.05, 3.63) is 53.2 Å². The molecular formula is C18H15F6NSi. The molecule has 138 valence electrons. The lowest BCUT2D eigenvalue weighted by atomic mass is 10.0. The van der Waals surface area contributed by atoms with E-state index in [1.807, 2.05) is 19.6 Å². The Hall–Kier alpha value is -2.27. The first-order valence-electron chi connectivity index (χ1n) is 7.55. The first kappa shape index (κ1) is 20.0. The quantitative estimate of drug-likeness (QED) is 0.331. The number of pyridine rings is 1. The highest BCUT2D eigenvalue weighted by Crippen LogP contribution is 2.37. The van der Waals surface area contributed by atoms with Crippen LogP contribution in [-0.4, -0.2) is 13.1 Å². The van der Waals surface area contributed by atoms with Crippen LogP contribution < -0.4 is 0 Å². The third-order valence-corrected chi connectivity index (χ3v) is 4.14. The zero-order valence-electron chi connectivity index (χ0n) is 14.2. The van der Waals surface area contributed by atoms with Gasteiger partial charge in [0, 0.05) is 17.3 Å². The molecule has 0 aliphatic carbocycles. The van der Waals surface area contributed by atoms with Crippen molar-refractivity contribution in [2.45, 2.75) is 32.0 Å². The van der Waals surface area contributed by atoms with Crippen LogP contribution in [0.1, 0.15) is 16.7 Å². The zero-order chi connectivity index (χ0) is 19.8. The van der Waals surface area contributed by atoms with E-state index < -0.39 is 37.2 Å². The Morgan fingerprint density at radius 2 is 1.46 bits per heavy atom. The monoisotopic (exact) mass is 387 g/mol. The predicted octanol–water partition coefficient (Wildman–Crippen LogP) is 6.02. The second kappa shape index (κ2) is 6.80. The van der Waals surface area contributed by atoms with Crippen molar-refractivity contribution in [2.75, 3.05) is 0 Å². The summed E-state index contributed by atoms with van der Waals surface area (Å²) >= 11 is 0. The molecule has 0 saturated heterocycles. The topological polar surface area (TPSA) is 12.9 Å². The van der Waals surface area contributed by atoms with Crippen molar-refractivity contribution >= 4 is 8.07 Å². The molecule has 1 aromatic heterocycles. The van der Waals surface area contributed by atoms with Gasteiger partial charge >= 0.3 is 12.4 Å². The fraction of sp³-hybridized carbons (Fsp3) is 0.278. The number of hydrogen-bond acceptors (Lipinski definition) is 1. The Labute approximate surface area is 148 Å². The maximum absolute atomic E-state index is 13.4. The minimum Gasteiger partial charge on any atom is -0.254 e. The molecule has 0 saturated carbocycles. The third-order valence-electron chi connectivity index (χ3n) is 3.26. The van der Waals surface area contributed by atoms with Gasteiger partial charge < -0.3 is 0 Å². The molecule has 0 spiro atoms. The maximum Gasteiger partial charge on any atom is 0.418 e. The van der Waals surface area contributed by atoms with Gasteiger partial charge in [0.05, 0.1) is 16.8 Å². The number of benzene rings is 1. The van der Waals surface area contributed by atoms with Crippen LogP contribution in [0.5, 0.6) is 0 Å². The van der Waals surface area contributed by atoms with Crippen LogP contribution in [0.4, 0.5) is 26.3 Å². The summed E-state index contributed by atoms with van der Waals surface area (Å²) in [6, 6.07) is 4.31. The van der Waals surface area contributed by atoms with Crippen LogP contribution in [0.25, 0.3) is 11.3 Å². The molecule has 1 nitrogen and oxygen atoms in total. The maximum atomic E-state index is 13.4. The van der Waals surface area contributed by atoms with Gasteiger partial charge in [0.2, 0.25) is 0 Å². The van der Waals surface area contributed by atoms with Crippen molar-refractivity contribution in [2.24, 2.45) is 0 Å². The number of nitrogens with zero attached hydrogens (tertiary/aromatic N) is 1. The molecule has 0 atom stereocenters. The lowest BCUT2D eigenvalue weighted by molar-refractivity contribution is -0.138. The molecule has 1 aromatic carbocycles. The average Bonchev–Trinajstić information content (AvgIpc) is 2.50. The van der Waals surface area contributed by atoms with Gasteiger partial charge in [-0.2, -0.15) is 26.3 Å². The number of rotatable bonds is 1. The van der Waals surface area contributed by atoms with Crippen LogP contribution in [-0.2, 0) is 12.4 Å². The van der Waals surface area contributed by atoms with E-state index in [1.165, 1.54) is 6.20 Å². The standard InChI is InChI=1S/C18H15F6NSi/c1-26(2,3)9-8-12-10-15(18(22,23)24)16(25-11-12)13-4-6-14(7-5-13)17(19,20)21/h4-7,10-11H,1-3H3. The first-order valence-corrected chi connectivity index (χ1v) is 11.1. The largest absolute Gasteiger partial charge is 0.418 e. The van der Waals surface area contributed by atoms with E-state index in [0.717, 1.165) is 30.3 Å². The lowest BCUT2D eigenvalue weighted by Gasteiger charge is -2.13. The van der Waals surface area contributed by atoms with E-state index in [9.17, 15) is 26.3 Å². The summed E-state index contributed by atoms with van der Waals surface area (Å²) in [6.45, 7) is 5.86. The second-order valence-electron chi connectivity index (χ2n) is 6.69. The van der Waals surface area contributed by atoms with Gasteiger partial charge in [-0.3, -0.25) is 4.98 Å². The Morgan fingerprint density at radius 3 is 1.92 bits per heavy atom. The van der Waals surface area contributed by atoms with E-state index in [4.69, 9.17) is 0 Å². The Balaban J connectivity index is 2.53. The van der Waals surface area contributed by atoms with E-state index in [-0.39, 0.29) is 11.1 Å². The molecule has 2 aromatic rings. The molecule has 26 heavy (non-hydrogen) atoms. The Bertz CT molecular complexity index is 849. The van der Waals surface area contributed by atoms with Gasteiger partial charge in [-0.1, -0.05) is 37.7 Å². The molecule has 2 rings (SSSR count). The number of halogens is 6. The molecule has 1 heterocycles. The van der Waals surface area contributed by atoms with Crippen molar-refractivity contribution in [1.82, 2.24) is 4.98 Å². The average molecular weight is 387 g/mol. The predicted molar refractivity (Wildman–Crippen MR) is 89.9 cm³/mol. The zero-order valence-corrected chi connectivity index (χ0v) is 15.2. The van der Waals surface area contributed by atoms with Crippen LogP contribution in [0.3, 0.4) is 0 Å². The highest BCUT2D eigenvalue weighted by Gasteiger charge is 2.35. The van der Waals surface area contributed by atoms with Crippen molar-refractivity contribution < 1.29 is 26.3 Å². The minimum absolute atomic E-state index is 0.0463. The summed E-state index contributed by atoms with van der Waals surface area (Å²) in [5.41, 5.74) is 0.639. The van der Waals surface area contributed by atoms with E-state index >= 15 is 0 Å². The summed E-state index contributed by atoms with van der Waals surface area (Å²) < 4.78 is 78.0. The van der Waals surface area contributed by atoms with E-state index in [0.29, 0.717) is 0 Å². The lowest BCUT2D eigenvalue weighted by Crippen LogP contribution is -2.16. The van der Waals surface area contributed by atoms with Crippen molar-refractivity contribution in [3.63, 3.8) is 0 Å². The van der Waals surface area contributed by atoms with Gasteiger partial charge in [0.1, 0.15) is 8.07 Å². The summed E-state index contributed by atoms with van der Waals surface area (Å²) in [5.74, 6) is 2.71. The Morgan fingerprint density at radius 1 is 0.885 bits per heavy atom. The number of aromatic nitrogens is 1. The molecule has 8 heteroatoms. The highest BCUT2D eigenvalue weighted by atomic mass is 28.3. The molecule has 0 fully saturated rings. The van der Waals surface area contributed by atoms with Crippen molar-refractivity contribution in [3.8, 4) is 22.7 Å². The van der Waals surface area contributed by atoms with Gasteiger partial charge in [-0.25, -0.2) is 0 Å². The second-order valence-corrected chi connectivity index (χ2v) is 11.4. The number of alkyl halides is 6. The molecule has 0 aliphatic rings. The van der Waals surface area contributed by atoms with E-state index in [1.54, 1.807) is 0 Å². The molecule has 0 aliphatic heterocycles. The molecule has 0 unspecified atom stereocenters. The van der Waals surface area contributed by atoms with Gasteiger partial charge in [-0.15, -0.1) is 5.54 Å². The van der Waals surface area contributed by atoms with Gasteiger partial charge in [0.25, 0.3) is 0 Å². The van der Waals surface area contributed by atoms with Gasteiger partial charge in [-0.05, 0) is 18.2 Å².